The van der Waals surface area contributed by atoms with Crippen LogP contribution in [0.2, 0.25) is 0 Å². The van der Waals surface area contributed by atoms with Crippen LogP contribution in [0, 0.1) is 11.7 Å². The summed E-state index contributed by atoms with van der Waals surface area (Å²) in [4.78, 5) is 13.3. The molecule has 110 valence electrons. The highest BCUT2D eigenvalue weighted by molar-refractivity contribution is 5.91. The van der Waals surface area contributed by atoms with E-state index in [9.17, 15) is 14.3 Å². The molecule has 2 atom stereocenters. The summed E-state index contributed by atoms with van der Waals surface area (Å²) < 4.78 is 18.8. The van der Waals surface area contributed by atoms with Crippen LogP contribution in [-0.4, -0.2) is 43.2 Å². The monoisotopic (exact) mass is 282 g/mol. The van der Waals surface area contributed by atoms with Crippen LogP contribution in [-0.2, 0) is 0 Å². The molecule has 2 unspecified atom stereocenters. The summed E-state index contributed by atoms with van der Waals surface area (Å²) in [6, 6.07) is 2.83. The molecule has 0 aromatic heterocycles. The fourth-order valence-electron chi connectivity index (χ4n) is 2.84. The number of rotatable bonds is 4. The number of carbonyl (C=O) groups is 1. The molecule has 0 spiro atoms. The minimum absolute atomic E-state index is 0.0120. The molecule has 0 aliphatic carbocycles. The molecule has 1 aliphatic heterocycles. The van der Waals surface area contributed by atoms with Crippen molar-refractivity contribution in [3.05, 3.63) is 29.1 Å². The van der Waals surface area contributed by atoms with Gasteiger partial charge in [-0.3, -0.25) is 4.90 Å². The van der Waals surface area contributed by atoms with Crippen molar-refractivity contribution in [1.29, 1.82) is 0 Å². The number of halogens is 1. The van der Waals surface area contributed by atoms with Gasteiger partial charge in [0.2, 0.25) is 0 Å². The Morgan fingerprint density at radius 1 is 1.60 bits per heavy atom. The van der Waals surface area contributed by atoms with Crippen LogP contribution in [0.3, 0.4) is 0 Å². The van der Waals surface area contributed by atoms with Crippen molar-refractivity contribution < 1.29 is 19.0 Å². The zero-order valence-electron chi connectivity index (χ0n) is 11.6. The number of hydrogen-bond acceptors (Lipinski definition) is 4. The molecule has 0 bridgehead atoms. The molecule has 1 fully saturated rings. The van der Waals surface area contributed by atoms with Crippen molar-refractivity contribution in [2.24, 2.45) is 11.7 Å². The average molecular weight is 282 g/mol. The lowest BCUT2D eigenvalue weighted by molar-refractivity contribution is 0.0692. The maximum absolute atomic E-state index is 14.0. The van der Waals surface area contributed by atoms with Gasteiger partial charge in [-0.2, -0.15) is 0 Å². The number of ether oxygens (including phenoxy) is 1. The average Bonchev–Trinajstić information content (AvgIpc) is 2.79. The molecule has 6 heteroatoms. The van der Waals surface area contributed by atoms with Gasteiger partial charge in [-0.05, 0) is 43.6 Å². The number of likely N-dealkylation sites (tertiary alicyclic amines) is 1. The number of carboxylic acids is 1. The van der Waals surface area contributed by atoms with Gasteiger partial charge in [0.15, 0.2) is 11.6 Å². The van der Waals surface area contributed by atoms with Crippen LogP contribution in [0.15, 0.2) is 12.1 Å². The van der Waals surface area contributed by atoms with Crippen LogP contribution >= 0.6 is 0 Å². The first-order valence-electron chi connectivity index (χ1n) is 6.49. The van der Waals surface area contributed by atoms with Crippen LogP contribution in [0.1, 0.15) is 28.4 Å². The number of nitrogens with two attached hydrogens (primary N) is 1. The van der Waals surface area contributed by atoms with Crippen molar-refractivity contribution in [2.45, 2.75) is 12.5 Å². The molecule has 0 saturated carbocycles. The second-order valence-corrected chi connectivity index (χ2v) is 5.18. The Kier molecular flexibility index (Phi) is 4.25. The Hall–Kier alpha value is -1.66. The zero-order valence-corrected chi connectivity index (χ0v) is 11.6. The van der Waals surface area contributed by atoms with Gasteiger partial charge in [-0.25, -0.2) is 9.18 Å². The van der Waals surface area contributed by atoms with Gasteiger partial charge in [0.05, 0.1) is 7.11 Å². The van der Waals surface area contributed by atoms with Gasteiger partial charge in [0.25, 0.3) is 0 Å². The van der Waals surface area contributed by atoms with Gasteiger partial charge in [-0.1, -0.05) is 0 Å². The highest BCUT2D eigenvalue weighted by Crippen LogP contribution is 2.36. The summed E-state index contributed by atoms with van der Waals surface area (Å²) in [6.07, 6.45) is 0.803. The smallest absolute Gasteiger partial charge is 0.339 e. The Bertz CT molecular complexity index is 521. The van der Waals surface area contributed by atoms with Gasteiger partial charge >= 0.3 is 5.97 Å². The van der Waals surface area contributed by atoms with Crippen LogP contribution in [0.25, 0.3) is 0 Å². The Balaban J connectivity index is 2.41. The predicted molar refractivity (Wildman–Crippen MR) is 72.4 cm³/mol. The number of benzene rings is 1. The number of methoxy groups -OCH3 is 1. The van der Waals surface area contributed by atoms with E-state index in [1.165, 1.54) is 19.2 Å². The normalized spacial score (nSPS) is 23.0. The quantitative estimate of drug-likeness (QED) is 0.875. The van der Waals surface area contributed by atoms with E-state index in [-0.39, 0.29) is 17.4 Å². The molecular weight excluding hydrogens is 263 g/mol. The van der Waals surface area contributed by atoms with E-state index in [1.807, 2.05) is 7.05 Å². The summed E-state index contributed by atoms with van der Waals surface area (Å²) in [5.41, 5.74) is 6.18. The standard InChI is InChI=1S/C14H19FN2O3/c1-17-7-8(6-16)3-12(17)9-4-10(14(18)19)13(20-2)11(15)5-9/h4-5,8,12H,3,6-7,16H2,1-2H3,(H,18,19). The van der Waals surface area contributed by atoms with Crippen LogP contribution in [0.5, 0.6) is 5.75 Å². The molecule has 0 amide bonds. The Morgan fingerprint density at radius 2 is 2.30 bits per heavy atom. The van der Waals surface area contributed by atoms with E-state index in [4.69, 9.17) is 10.5 Å². The van der Waals surface area contributed by atoms with Gasteiger partial charge in [0.1, 0.15) is 5.56 Å². The predicted octanol–water partition coefficient (Wildman–Crippen LogP) is 1.48. The number of hydrogen-bond donors (Lipinski definition) is 2. The molecular formula is C14H19FN2O3. The van der Waals surface area contributed by atoms with Crippen molar-refractivity contribution in [3.8, 4) is 5.75 Å². The molecule has 1 saturated heterocycles. The van der Waals surface area contributed by atoms with Gasteiger partial charge in [0, 0.05) is 12.6 Å². The van der Waals surface area contributed by atoms with E-state index in [2.05, 4.69) is 4.90 Å². The molecule has 1 aliphatic rings. The first-order chi connectivity index (χ1) is 9.47. The lowest BCUT2D eigenvalue weighted by Crippen LogP contribution is -2.21. The number of nitrogens with zero attached hydrogens (tertiary/aromatic N) is 1. The summed E-state index contributed by atoms with van der Waals surface area (Å²) in [6.45, 7) is 1.41. The second-order valence-electron chi connectivity index (χ2n) is 5.18. The largest absolute Gasteiger partial charge is 0.493 e. The minimum atomic E-state index is -1.20. The SMILES string of the molecule is COc1c(F)cc(C2CC(CN)CN2C)cc1C(=O)O. The first-order valence-corrected chi connectivity index (χ1v) is 6.49. The number of aromatic carboxylic acids is 1. The lowest BCUT2D eigenvalue weighted by Gasteiger charge is -2.21. The lowest BCUT2D eigenvalue weighted by atomic mass is 9.97. The molecule has 0 radical (unpaired) electrons. The van der Waals surface area contributed by atoms with Crippen LogP contribution < -0.4 is 10.5 Å². The summed E-state index contributed by atoms with van der Waals surface area (Å²) >= 11 is 0. The molecule has 20 heavy (non-hydrogen) atoms. The fourth-order valence-corrected chi connectivity index (χ4v) is 2.84. The minimum Gasteiger partial charge on any atom is -0.493 e. The Morgan fingerprint density at radius 3 is 2.80 bits per heavy atom. The fraction of sp³-hybridized carbons (Fsp3) is 0.500. The molecule has 1 aromatic rings. The van der Waals surface area contributed by atoms with Crippen molar-refractivity contribution >= 4 is 5.97 Å². The van der Waals surface area contributed by atoms with E-state index in [0.29, 0.717) is 18.0 Å². The van der Waals surface area contributed by atoms with Crippen molar-refractivity contribution in [2.75, 3.05) is 27.2 Å². The topological polar surface area (TPSA) is 75.8 Å². The van der Waals surface area contributed by atoms with E-state index >= 15 is 0 Å². The van der Waals surface area contributed by atoms with E-state index in [0.717, 1.165) is 13.0 Å². The second kappa shape index (κ2) is 5.76. The number of carboxylic acid groups (broad SMARTS) is 1. The summed E-state index contributed by atoms with van der Waals surface area (Å²) in [5, 5.41) is 9.17. The third kappa shape index (κ3) is 2.62. The highest BCUT2D eigenvalue weighted by Gasteiger charge is 2.31. The third-order valence-corrected chi connectivity index (χ3v) is 3.85. The molecule has 1 aromatic carbocycles. The summed E-state index contributed by atoms with van der Waals surface area (Å²) in [5.74, 6) is -1.72. The van der Waals surface area contributed by atoms with Crippen LogP contribution in [0.4, 0.5) is 4.39 Å². The molecule has 1 heterocycles. The van der Waals surface area contributed by atoms with Gasteiger partial charge in [-0.15, -0.1) is 0 Å². The highest BCUT2D eigenvalue weighted by atomic mass is 19.1. The van der Waals surface area contributed by atoms with E-state index < -0.39 is 11.8 Å². The molecule has 3 N–H and O–H groups in total. The molecule has 5 nitrogen and oxygen atoms in total. The van der Waals surface area contributed by atoms with Crippen molar-refractivity contribution in [3.63, 3.8) is 0 Å². The third-order valence-electron chi connectivity index (χ3n) is 3.85. The van der Waals surface area contributed by atoms with Crippen molar-refractivity contribution in [1.82, 2.24) is 4.90 Å². The maximum Gasteiger partial charge on any atom is 0.339 e. The summed E-state index contributed by atoms with van der Waals surface area (Å²) in [7, 11) is 3.19. The van der Waals surface area contributed by atoms with Gasteiger partial charge < -0.3 is 15.6 Å². The van der Waals surface area contributed by atoms with E-state index in [1.54, 1.807) is 0 Å². The maximum atomic E-state index is 14.0. The first kappa shape index (κ1) is 14.7. The zero-order chi connectivity index (χ0) is 14.9. The Labute approximate surface area is 117 Å². The molecule has 2 rings (SSSR count).